The summed E-state index contributed by atoms with van der Waals surface area (Å²) in [7, 11) is 3.33. The molecule has 2 heterocycles. The molecular weight excluding hydrogens is 320 g/mol. The first-order valence-corrected chi connectivity index (χ1v) is 8.36. The minimum Gasteiger partial charge on any atom is -0.496 e. The predicted octanol–water partition coefficient (Wildman–Crippen LogP) is 1.50. The summed E-state index contributed by atoms with van der Waals surface area (Å²) in [6, 6.07) is 7.74. The number of carbonyl (C=O) groups excluding carboxylic acids is 1. The number of para-hydroxylation sites is 1. The lowest BCUT2D eigenvalue weighted by molar-refractivity contribution is -0.122. The van der Waals surface area contributed by atoms with Gasteiger partial charge in [-0.1, -0.05) is 18.2 Å². The summed E-state index contributed by atoms with van der Waals surface area (Å²) in [5.41, 5.74) is 0.956. The van der Waals surface area contributed by atoms with Crippen LogP contribution in [0.5, 0.6) is 5.75 Å². The van der Waals surface area contributed by atoms with E-state index in [0.29, 0.717) is 19.6 Å². The van der Waals surface area contributed by atoms with Gasteiger partial charge in [-0.15, -0.1) is 0 Å². The van der Waals surface area contributed by atoms with Crippen molar-refractivity contribution in [1.82, 2.24) is 20.2 Å². The Bertz CT molecular complexity index is 689. The van der Waals surface area contributed by atoms with Crippen molar-refractivity contribution >= 4 is 5.91 Å². The molecule has 2 N–H and O–H groups in total. The molecule has 1 saturated heterocycles. The highest BCUT2D eigenvalue weighted by molar-refractivity contribution is 5.78. The standard InChI is InChI=1S/C18H24N4O3/c1-24-14-9-15(18-19-7-8-20-18)22(11-14)12-17(23)21-10-13-5-3-4-6-16(13)25-2/h3-8,14-15H,9-12H2,1-2H3,(H,19,20)(H,21,23)/t14-,15?/m1/s1. The van der Waals surface area contributed by atoms with E-state index in [1.54, 1.807) is 26.6 Å². The van der Waals surface area contributed by atoms with Crippen molar-refractivity contribution in [1.29, 1.82) is 0 Å². The Hall–Kier alpha value is -2.38. The Balaban J connectivity index is 1.59. The lowest BCUT2D eigenvalue weighted by Gasteiger charge is -2.22. The second-order valence-corrected chi connectivity index (χ2v) is 6.10. The van der Waals surface area contributed by atoms with Gasteiger partial charge in [0.25, 0.3) is 0 Å². The van der Waals surface area contributed by atoms with E-state index in [9.17, 15) is 4.79 Å². The van der Waals surface area contributed by atoms with E-state index in [1.807, 2.05) is 24.3 Å². The minimum atomic E-state index is -0.0285. The maximum absolute atomic E-state index is 12.4. The number of aromatic amines is 1. The lowest BCUT2D eigenvalue weighted by atomic mass is 10.2. The van der Waals surface area contributed by atoms with Crippen molar-refractivity contribution in [3.05, 3.63) is 48.0 Å². The molecule has 2 aromatic rings. The Morgan fingerprint density at radius 3 is 2.96 bits per heavy atom. The molecule has 1 unspecified atom stereocenters. The summed E-state index contributed by atoms with van der Waals surface area (Å²) in [5, 5.41) is 2.97. The van der Waals surface area contributed by atoms with Gasteiger partial charge in [-0.2, -0.15) is 0 Å². The molecule has 7 heteroatoms. The number of hydrogen-bond acceptors (Lipinski definition) is 5. The van der Waals surface area contributed by atoms with Crippen LogP contribution in [-0.2, 0) is 16.1 Å². The number of imidazole rings is 1. The number of nitrogens with zero attached hydrogens (tertiary/aromatic N) is 2. The fraction of sp³-hybridized carbons (Fsp3) is 0.444. The maximum Gasteiger partial charge on any atom is 0.234 e. The highest BCUT2D eigenvalue weighted by atomic mass is 16.5. The molecule has 0 aliphatic carbocycles. The first-order valence-electron chi connectivity index (χ1n) is 8.36. The number of benzene rings is 1. The number of ether oxygens (including phenoxy) is 2. The van der Waals surface area contributed by atoms with Gasteiger partial charge in [0.2, 0.25) is 5.91 Å². The first-order chi connectivity index (χ1) is 12.2. The van der Waals surface area contributed by atoms with Crippen LogP contribution < -0.4 is 10.1 Å². The first kappa shape index (κ1) is 17.4. The van der Waals surface area contributed by atoms with Crippen molar-refractivity contribution < 1.29 is 14.3 Å². The van der Waals surface area contributed by atoms with Gasteiger partial charge in [0.15, 0.2) is 0 Å². The molecule has 0 radical (unpaired) electrons. The van der Waals surface area contributed by atoms with Crippen molar-refractivity contribution in [2.75, 3.05) is 27.3 Å². The monoisotopic (exact) mass is 344 g/mol. The summed E-state index contributed by atoms with van der Waals surface area (Å²) >= 11 is 0. The van der Waals surface area contributed by atoms with Gasteiger partial charge in [-0.3, -0.25) is 9.69 Å². The van der Waals surface area contributed by atoms with Gasteiger partial charge in [0.05, 0.1) is 25.8 Å². The van der Waals surface area contributed by atoms with E-state index in [-0.39, 0.29) is 18.1 Å². The highest BCUT2D eigenvalue weighted by Gasteiger charge is 2.35. The number of aromatic nitrogens is 2. The number of likely N-dealkylation sites (tertiary alicyclic amines) is 1. The number of amides is 1. The molecule has 3 rings (SSSR count). The van der Waals surface area contributed by atoms with Crippen LogP contribution in [0.4, 0.5) is 0 Å². The van der Waals surface area contributed by atoms with Crippen LogP contribution in [0.2, 0.25) is 0 Å². The van der Waals surface area contributed by atoms with Gasteiger partial charge >= 0.3 is 0 Å². The molecule has 7 nitrogen and oxygen atoms in total. The van der Waals surface area contributed by atoms with E-state index in [0.717, 1.165) is 23.6 Å². The molecule has 2 atom stereocenters. The largest absolute Gasteiger partial charge is 0.496 e. The fourth-order valence-electron chi connectivity index (χ4n) is 3.23. The molecular formula is C18H24N4O3. The zero-order valence-corrected chi connectivity index (χ0v) is 14.6. The topological polar surface area (TPSA) is 79.5 Å². The van der Waals surface area contributed by atoms with E-state index in [1.165, 1.54) is 0 Å². The van der Waals surface area contributed by atoms with Gasteiger partial charge in [-0.05, 0) is 12.5 Å². The summed E-state index contributed by atoms with van der Waals surface area (Å²) in [4.78, 5) is 22.0. The van der Waals surface area contributed by atoms with Crippen LogP contribution in [0, 0.1) is 0 Å². The van der Waals surface area contributed by atoms with E-state index in [4.69, 9.17) is 9.47 Å². The Morgan fingerprint density at radius 1 is 1.40 bits per heavy atom. The molecule has 0 saturated carbocycles. The second kappa shape index (κ2) is 8.13. The number of methoxy groups -OCH3 is 2. The van der Waals surface area contributed by atoms with Crippen molar-refractivity contribution in [2.45, 2.75) is 25.1 Å². The number of carbonyl (C=O) groups is 1. The van der Waals surface area contributed by atoms with Crippen LogP contribution in [-0.4, -0.2) is 54.2 Å². The van der Waals surface area contributed by atoms with Crippen LogP contribution in [0.25, 0.3) is 0 Å². The van der Waals surface area contributed by atoms with E-state index < -0.39 is 0 Å². The number of H-pyrrole nitrogens is 1. The summed E-state index contributed by atoms with van der Waals surface area (Å²) < 4.78 is 10.8. The molecule has 1 aliphatic rings. The molecule has 1 aromatic carbocycles. The average molecular weight is 344 g/mol. The normalized spacial score (nSPS) is 20.6. The molecule has 25 heavy (non-hydrogen) atoms. The molecule has 1 amide bonds. The summed E-state index contributed by atoms with van der Waals surface area (Å²) in [6.45, 7) is 1.46. The SMILES string of the molecule is COc1ccccc1CNC(=O)CN1C[C@H](OC)CC1c1ncc[nH]1. The van der Waals surface area contributed by atoms with Gasteiger partial charge in [-0.25, -0.2) is 4.98 Å². The second-order valence-electron chi connectivity index (χ2n) is 6.10. The Morgan fingerprint density at radius 2 is 2.24 bits per heavy atom. The Kier molecular flexibility index (Phi) is 5.67. The molecule has 1 aliphatic heterocycles. The molecule has 0 bridgehead atoms. The predicted molar refractivity (Wildman–Crippen MR) is 93.2 cm³/mol. The smallest absolute Gasteiger partial charge is 0.234 e. The van der Waals surface area contributed by atoms with Crippen LogP contribution in [0.1, 0.15) is 23.9 Å². The third-order valence-electron chi connectivity index (χ3n) is 4.55. The van der Waals surface area contributed by atoms with Crippen molar-refractivity contribution in [3.8, 4) is 5.75 Å². The van der Waals surface area contributed by atoms with Gasteiger partial charge in [0.1, 0.15) is 11.6 Å². The zero-order valence-electron chi connectivity index (χ0n) is 14.6. The van der Waals surface area contributed by atoms with Gasteiger partial charge < -0.3 is 19.8 Å². The summed E-state index contributed by atoms with van der Waals surface area (Å²) in [6.07, 6.45) is 4.46. The van der Waals surface area contributed by atoms with Crippen LogP contribution in [0.3, 0.4) is 0 Å². The number of rotatable bonds is 7. The van der Waals surface area contributed by atoms with E-state index >= 15 is 0 Å². The number of hydrogen-bond donors (Lipinski definition) is 2. The lowest BCUT2D eigenvalue weighted by Crippen LogP contribution is -2.37. The third-order valence-corrected chi connectivity index (χ3v) is 4.55. The molecule has 134 valence electrons. The summed E-state index contributed by atoms with van der Waals surface area (Å²) in [5.74, 6) is 1.62. The quantitative estimate of drug-likeness (QED) is 0.796. The third kappa shape index (κ3) is 4.18. The van der Waals surface area contributed by atoms with Gasteiger partial charge in [0, 0.05) is 38.2 Å². The molecule has 1 fully saturated rings. The number of nitrogens with one attached hydrogen (secondary N) is 2. The van der Waals surface area contributed by atoms with Crippen molar-refractivity contribution in [2.24, 2.45) is 0 Å². The molecule has 0 spiro atoms. The molecule has 1 aromatic heterocycles. The van der Waals surface area contributed by atoms with Crippen LogP contribution >= 0.6 is 0 Å². The zero-order chi connectivity index (χ0) is 17.6. The Labute approximate surface area is 147 Å². The maximum atomic E-state index is 12.4. The fourth-order valence-corrected chi connectivity index (χ4v) is 3.23. The van der Waals surface area contributed by atoms with Crippen LogP contribution in [0.15, 0.2) is 36.7 Å². The minimum absolute atomic E-state index is 0.0285. The van der Waals surface area contributed by atoms with E-state index in [2.05, 4.69) is 20.2 Å². The highest BCUT2D eigenvalue weighted by Crippen LogP contribution is 2.30. The van der Waals surface area contributed by atoms with Crippen molar-refractivity contribution in [3.63, 3.8) is 0 Å². The average Bonchev–Trinajstić information content (AvgIpc) is 3.29.